The van der Waals surface area contributed by atoms with Crippen LogP contribution in [0.15, 0.2) is 22.0 Å². The van der Waals surface area contributed by atoms with E-state index in [0.717, 1.165) is 11.8 Å². The maximum Gasteiger partial charge on any atom is 0.0704 e. The van der Waals surface area contributed by atoms with Crippen LogP contribution in [0.1, 0.15) is 18.2 Å². The maximum atomic E-state index is 3.45. The molecule has 0 spiro atoms. The van der Waals surface area contributed by atoms with Crippen LogP contribution in [0.2, 0.25) is 0 Å². The molecule has 0 aliphatic rings. The Morgan fingerprint density at radius 1 is 1.58 bits per heavy atom. The van der Waals surface area contributed by atoms with E-state index in [0.29, 0.717) is 0 Å². The fraction of sp³-hybridized carbons (Fsp3) is 0.333. The summed E-state index contributed by atoms with van der Waals surface area (Å²) in [6, 6.07) is 4.24. The molecule has 0 bridgehead atoms. The first-order valence-electron chi connectivity index (χ1n) is 3.72. The van der Waals surface area contributed by atoms with Gasteiger partial charge in [0.25, 0.3) is 0 Å². The highest BCUT2D eigenvalue weighted by Gasteiger charge is 1.98. The van der Waals surface area contributed by atoms with Crippen LogP contribution in [0, 0.1) is 0 Å². The molecule has 1 aromatic rings. The second-order valence-electron chi connectivity index (χ2n) is 2.47. The number of hydrogen-bond donors (Lipinski definition) is 0. The molecule has 0 aliphatic heterocycles. The molecular weight excluding hydrogens is 300 g/mol. The summed E-state index contributed by atoms with van der Waals surface area (Å²) < 4.78 is 1.20. The summed E-state index contributed by atoms with van der Waals surface area (Å²) in [6.07, 6.45) is 3.36. The first-order valence-corrected chi connectivity index (χ1v) is 6.45. The number of rotatable bonds is 3. The zero-order valence-corrected chi connectivity index (χ0v) is 10.8. The van der Waals surface area contributed by atoms with Crippen molar-refractivity contribution in [2.24, 2.45) is 0 Å². The first kappa shape index (κ1) is 10.5. The van der Waals surface area contributed by atoms with Crippen LogP contribution in [0.5, 0.6) is 0 Å². The lowest BCUT2D eigenvalue weighted by Gasteiger charge is -1.94. The molecule has 1 aromatic heterocycles. The summed E-state index contributed by atoms with van der Waals surface area (Å²) in [5.41, 5.74) is 1.37. The Bertz CT molecular complexity index is 276. The number of allylic oxidation sites excluding steroid dienone is 2. The number of halogens is 2. The van der Waals surface area contributed by atoms with Gasteiger partial charge in [0.2, 0.25) is 0 Å². The van der Waals surface area contributed by atoms with Gasteiger partial charge in [-0.1, -0.05) is 22.0 Å². The molecule has 0 saturated heterocycles. The number of alkyl halides is 1. The third-order valence-corrected chi connectivity index (χ3v) is 3.74. The highest BCUT2D eigenvalue weighted by atomic mass is 79.9. The predicted octanol–water partition coefficient (Wildman–Crippen LogP) is 4.70. The van der Waals surface area contributed by atoms with Gasteiger partial charge in [-0.2, -0.15) is 0 Å². The zero-order valence-electron chi connectivity index (χ0n) is 6.81. The minimum Gasteiger partial charge on any atom is -0.129 e. The Morgan fingerprint density at radius 2 is 2.33 bits per heavy atom. The topological polar surface area (TPSA) is 0 Å². The Hall–Kier alpha value is 0.400. The Balaban J connectivity index is 2.70. The summed E-state index contributed by atoms with van der Waals surface area (Å²) >= 11 is 8.64. The highest BCUT2D eigenvalue weighted by molar-refractivity contribution is 9.11. The van der Waals surface area contributed by atoms with Crippen molar-refractivity contribution >= 4 is 48.8 Å². The fourth-order valence-electron chi connectivity index (χ4n) is 0.898. The minimum atomic E-state index is 1.04. The summed E-state index contributed by atoms with van der Waals surface area (Å²) in [5.74, 6) is 0. The van der Waals surface area contributed by atoms with E-state index in [4.69, 9.17) is 0 Å². The van der Waals surface area contributed by atoms with E-state index in [-0.39, 0.29) is 0 Å². The quantitative estimate of drug-likeness (QED) is 0.710. The van der Waals surface area contributed by atoms with Crippen LogP contribution in [-0.4, -0.2) is 5.33 Å². The van der Waals surface area contributed by atoms with Crippen molar-refractivity contribution in [3.05, 3.63) is 26.9 Å². The SMILES string of the molecule is C/C(=C\CCBr)c1ccc(Br)s1. The monoisotopic (exact) mass is 308 g/mol. The lowest BCUT2D eigenvalue weighted by molar-refractivity contribution is 1.26. The summed E-state index contributed by atoms with van der Waals surface area (Å²) in [4.78, 5) is 1.35. The molecule has 0 fully saturated rings. The van der Waals surface area contributed by atoms with Crippen molar-refractivity contribution in [2.45, 2.75) is 13.3 Å². The normalized spacial score (nSPS) is 12.1. The van der Waals surface area contributed by atoms with E-state index in [2.05, 4.69) is 57.0 Å². The van der Waals surface area contributed by atoms with Gasteiger partial charge in [0.05, 0.1) is 3.79 Å². The first-order chi connectivity index (χ1) is 5.74. The van der Waals surface area contributed by atoms with E-state index in [1.165, 1.54) is 14.2 Å². The molecule has 66 valence electrons. The molecule has 0 unspecified atom stereocenters. The van der Waals surface area contributed by atoms with Gasteiger partial charge in [0.15, 0.2) is 0 Å². The van der Waals surface area contributed by atoms with Crippen LogP contribution in [0.25, 0.3) is 5.57 Å². The molecular formula is C9H10Br2S. The molecule has 0 nitrogen and oxygen atoms in total. The Morgan fingerprint density at radius 3 is 2.83 bits per heavy atom. The second-order valence-corrected chi connectivity index (χ2v) is 5.72. The lowest BCUT2D eigenvalue weighted by Crippen LogP contribution is -1.73. The van der Waals surface area contributed by atoms with Crippen molar-refractivity contribution in [3.63, 3.8) is 0 Å². The van der Waals surface area contributed by atoms with Gasteiger partial charge >= 0.3 is 0 Å². The molecule has 0 aromatic carbocycles. The summed E-state index contributed by atoms with van der Waals surface area (Å²) in [7, 11) is 0. The molecule has 0 aliphatic carbocycles. The van der Waals surface area contributed by atoms with Gasteiger partial charge in [-0.25, -0.2) is 0 Å². The molecule has 0 saturated carbocycles. The third kappa shape index (κ3) is 3.04. The van der Waals surface area contributed by atoms with Gasteiger partial charge in [0.1, 0.15) is 0 Å². The van der Waals surface area contributed by atoms with Crippen LogP contribution in [0.3, 0.4) is 0 Å². The van der Waals surface area contributed by atoms with Crippen LogP contribution in [0.4, 0.5) is 0 Å². The molecule has 1 rings (SSSR count). The van der Waals surface area contributed by atoms with E-state index in [1.54, 1.807) is 11.3 Å². The van der Waals surface area contributed by atoms with Gasteiger partial charge in [0, 0.05) is 10.2 Å². The van der Waals surface area contributed by atoms with E-state index >= 15 is 0 Å². The molecule has 0 radical (unpaired) electrons. The predicted molar refractivity (Wildman–Crippen MR) is 64.1 cm³/mol. The highest BCUT2D eigenvalue weighted by Crippen LogP contribution is 2.27. The molecule has 0 N–H and O–H groups in total. The van der Waals surface area contributed by atoms with Crippen LogP contribution < -0.4 is 0 Å². The third-order valence-electron chi connectivity index (χ3n) is 1.52. The van der Waals surface area contributed by atoms with Crippen molar-refractivity contribution in [1.82, 2.24) is 0 Å². The van der Waals surface area contributed by atoms with Crippen molar-refractivity contribution in [1.29, 1.82) is 0 Å². The van der Waals surface area contributed by atoms with Gasteiger partial charge in [-0.05, 0) is 47.0 Å². The molecule has 3 heteroatoms. The summed E-state index contributed by atoms with van der Waals surface area (Å²) in [6.45, 7) is 2.15. The number of thiophene rings is 1. The van der Waals surface area contributed by atoms with Crippen molar-refractivity contribution in [2.75, 3.05) is 5.33 Å². The lowest BCUT2D eigenvalue weighted by atomic mass is 10.2. The number of hydrogen-bond acceptors (Lipinski definition) is 1. The standard InChI is InChI=1S/C9H10Br2S/c1-7(3-2-6-10)8-4-5-9(11)12-8/h3-5H,2,6H2,1H3/b7-3+. The maximum absolute atomic E-state index is 3.45. The molecule has 0 amide bonds. The van der Waals surface area contributed by atoms with Crippen LogP contribution >= 0.6 is 43.2 Å². The van der Waals surface area contributed by atoms with Gasteiger partial charge in [-0.3, -0.25) is 0 Å². The van der Waals surface area contributed by atoms with E-state index in [9.17, 15) is 0 Å². The van der Waals surface area contributed by atoms with Gasteiger partial charge < -0.3 is 0 Å². The Kier molecular flexibility index (Phi) is 4.54. The van der Waals surface area contributed by atoms with Gasteiger partial charge in [-0.15, -0.1) is 11.3 Å². The average Bonchev–Trinajstić information content (AvgIpc) is 2.47. The molecule has 1 heterocycles. The Labute approximate surface area is 93.9 Å². The van der Waals surface area contributed by atoms with E-state index < -0.39 is 0 Å². The zero-order chi connectivity index (χ0) is 8.97. The minimum absolute atomic E-state index is 1.04. The largest absolute Gasteiger partial charge is 0.129 e. The van der Waals surface area contributed by atoms with Crippen molar-refractivity contribution in [3.8, 4) is 0 Å². The van der Waals surface area contributed by atoms with Crippen molar-refractivity contribution < 1.29 is 0 Å². The van der Waals surface area contributed by atoms with Crippen LogP contribution in [-0.2, 0) is 0 Å². The van der Waals surface area contributed by atoms with E-state index in [1.807, 2.05) is 0 Å². The average molecular weight is 310 g/mol. The molecule has 12 heavy (non-hydrogen) atoms. The second kappa shape index (κ2) is 5.20. The molecule has 0 atom stereocenters. The smallest absolute Gasteiger partial charge is 0.0704 e. The summed E-state index contributed by atoms with van der Waals surface area (Å²) in [5, 5.41) is 1.04. The fourth-order valence-corrected chi connectivity index (χ4v) is 2.51.